The summed E-state index contributed by atoms with van der Waals surface area (Å²) in [6.07, 6.45) is 1.89. The highest BCUT2D eigenvalue weighted by Crippen LogP contribution is 2.25. The van der Waals surface area contributed by atoms with Gasteiger partial charge in [-0.3, -0.25) is 4.79 Å². The predicted molar refractivity (Wildman–Crippen MR) is 73.6 cm³/mol. The van der Waals surface area contributed by atoms with E-state index < -0.39 is 11.7 Å². The lowest BCUT2D eigenvalue weighted by Crippen LogP contribution is -2.16. The summed E-state index contributed by atoms with van der Waals surface area (Å²) in [5.74, 6) is -1.10. The lowest BCUT2D eigenvalue weighted by Gasteiger charge is -2.05. The minimum absolute atomic E-state index is 0.0314. The summed E-state index contributed by atoms with van der Waals surface area (Å²) in [5.41, 5.74) is -0.102. The Hall–Kier alpha value is -1.99. The Balaban J connectivity index is 1.76. The first-order chi connectivity index (χ1) is 10.1. The molecule has 0 spiro atoms. The summed E-state index contributed by atoms with van der Waals surface area (Å²) in [5, 5.41) is 9.25. The third kappa shape index (κ3) is 2.88. The molecule has 1 aromatic heterocycles. The van der Waals surface area contributed by atoms with Crippen LogP contribution in [0.4, 0.5) is 10.1 Å². The van der Waals surface area contributed by atoms with Gasteiger partial charge in [0, 0.05) is 0 Å². The number of nitrogens with one attached hydrogen (secondary N) is 2. The van der Waals surface area contributed by atoms with Crippen molar-refractivity contribution in [2.75, 3.05) is 11.9 Å². The SMILES string of the molecule is O=C(Nc1c(F)cccc1Cl)c1noc(C2CCCN2)n1. The Morgan fingerprint density at radius 3 is 3.10 bits per heavy atom. The summed E-state index contributed by atoms with van der Waals surface area (Å²) in [6.45, 7) is 0.874. The maximum Gasteiger partial charge on any atom is 0.297 e. The van der Waals surface area contributed by atoms with Crippen molar-refractivity contribution in [3.63, 3.8) is 0 Å². The predicted octanol–water partition coefficient (Wildman–Crippen LogP) is 2.54. The van der Waals surface area contributed by atoms with E-state index >= 15 is 0 Å². The van der Waals surface area contributed by atoms with Crippen molar-refractivity contribution < 1.29 is 13.7 Å². The van der Waals surface area contributed by atoms with Crippen molar-refractivity contribution in [2.24, 2.45) is 0 Å². The molecular formula is C13H12ClFN4O2. The lowest BCUT2D eigenvalue weighted by atomic mass is 10.2. The van der Waals surface area contributed by atoms with Crippen molar-refractivity contribution in [3.8, 4) is 0 Å². The first kappa shape index (κ1) is 14.0. The van der Waals surface area contributed by atoms with E-state index in [4.69, 9.17) is 16.1 Å². The van der Waals surface area contributed by atoms with Gasteiger partial charge in [-0.2, -0.15) is 4.98 Å². The second-order valence-electron chi connectivity index (χ2n) is 4.66. The van der Waals surface area contributed by atoms with Gasteiger partial charge in [0.1, 0.15) is 5.82 Å². The third-order valence-electron chi connectivity index (χ3n) is 3.20. The van der Waals surface area contributed by atoms with Gasteiger partial charge in [0.2, 0.25) is 5.89 Å². The minimum atomic E-state index is -0.671. The molecule has 0 aliphatic carbocycles. The zero-order valence-corrected chi connectivity index (χ0v) is 11.7. The van der Waals surface area contributed by atoms with Gasteiger partial charge in [-0.15, -0.1) is 0 Å². The Morgan fingerprint density at radius 2 is 2.38 bits per heavy atom. The number of hydrogen-bond acceptors (Lipinski definition) is 5. The van der Waals surface area contributed by atoms with Gasteiger partial charge in [0.05, 0.1) is 16.8 Å². The second kappa shape index (κ2) is 5.79. The number of hydrogen-bond donors (Lipinski definition) is 2. The quantitative estimate of drug-likeness (QED) is 0.910. The molecule has 1 atom stereocenters. The smallest absolute Gasteiger partial charge is 0.297 e. The molecule has 21 heavy (non-hydrogen) atoms. The van der Waals surface area contributed by atoms with Crippen molar-refractivity contribution in [1.29, 1.82) is 0 Å². The fourth-order valence-electron chi connectivity index (χ4n) is 2.15. The number of amides is 1. The molecule has 2 aromatic rings. The van der Waals surface area contributed by atoms with E-state index in [1.165, 1.54) is 18.2 Å². The van der Waals surface area contributed by atoms with Crippen LogP contribution in [-0.4, -0.2) is 22.6 Å². The van der Waals surface area contributed by atoms with E-state index in [9.17, 15) is 9.18 Å². The van der Waals surface area contributed by atoms with Gasteiger partial charge in [0.25, 0.3) is 11.7 Å². The number of carbonyl (C=O) groups excluding carboxylic acids is 1. The molecule has 1 aliphatic rings. The highest BCUT2D eigenvalue weighted by Gasteiger charge is 2.24. The fraction of sp³-hybridized carbons (Fsp3) is 0.308. The molecule has 1 aromatic carbocycles. The number of para-hydroxylation sites is 1. The third-order valence-corrected chi connectivity index (χ3v) is 3.52. The molecular weight excluding hydrogens is 299 g/mol. The van der Waals surface area contributed by atoms with Gasteiger partial charge in [-0.25, -0.2) is 4.39 Å². The maximum atomic E-state index is 13.6. The molecule has 0 radical (unpaired) electrons. The number of aromatic nitrogens is 2. The highest BCUT2D eigenvalue weighted by molar-refractivity contribution is 6.33. The number of carbonyl (C=O) groups is 1. The Bertz CT molecular complexity index is 650. The minimum Gasteiger partial charge on any atom is -0.337 e. The normalized spacial score (nSPS) is 17.9. The van der Waals surface area contributed by atoms with E-state index in [-0.39, 0.29) is 22.6 Å². The van der Waals surface area contributed by atoms with Crippen molar-refractivity contribution in [2.45, 2.75) is 18.9 Å². The molecule has 1 saturated heterocycles. The Labute approximate surface area is 124 Å². The van der Waals surface area contributed by atoms with E-state index in [2.05, 4.69) is 20.8 Å². The molecule has 0 bridgehead atoms. The molecule has 2 heterocycles. The summed E-state index contributed by atoms with van der Waals surface area (Å²) < 4.78 is 18.7. The first-order valence-corrected chi connectivity index (χ1v) is 6.85. The summed E-state index contributed by atoms with van der Waals surface area (Å²) in [4.78, 5) is 16.0. The van der Waals surface area contributed by atoms with Crippen LogP contribution in [0.3, 0.4) is 0 Å². The summed E-state index contributed by atoms with van der Waals surface area (Å²) in [7, 11) is 0. The summed E-state index contributed by atoms with van der Waals surface area (Å²) >= 11 is 5.84. The van der Waals surface area contributed by atoms with Gasteiger partial charge >= 0.3 is 0 Å². The average molecular weight is 311 g/mol. The average Bonchev–Trinajstić information content (AvgIpc) is 3.12. The zero-order chi connectivity index (χ0) is 14.8. The van der Waals surface area contributed by atoms with Crippen molar-refractivity contribution in [3.05, 3.63) is 40.8 Å². The van der Waals surface area contributed by atoms with Gasteiger partial charge in [-0.05, 0) is 31.5 Å². The van der Waals surface area contributed by atoms with Crippen molar-refractivity contribution >= 4 is 23.2 Å². The topological polar surface area (TPSA) is 80.0 Å². The monoisotopic (exact) mass is 310 g/mol. The molecule has 1 unspecified atom stereocenters. The molecule has 0 saturated carbocycles. The zero-order valence-electron chi connectivity index (χ0n) is 10.9. The number of nitrogens with zero attached hydrogens (tertiary/aromatic N) is 2. The Kier molecular flexibility index (Phi) is 3.85. The summed E-state index contributed by atoms with van der Waals surface area (Å²) in [6, 6.07) is 4.10. The van der Waals surface area contributed by atoms with Crippen LogP contribution in [0.25, 0.3) is 0 Å². The van der Waals surface area contributed by atoms with E-state index in [1.807, 2.05) is 0 Å². The van der Waals surface area contributed by atoms with E-state index in [0.717, 1.165) is 19.4 Å². The van der Waals surface area contributed by atoms with E-state index in [1.54, 1.807) is 0 Å². The van der Waals surface area contributed by atoms with Gasteiger partial charge in [0.15, 0.2) is 0 Å². The van der Waals surface area contributed by atoms with Crippen LogP contribution in [0.1, 0.15) is 35.4 Å². The van der Waals surface area contributed by atoms with Crippen LogP contribution >= 0.6 is 11.6 Å². The van der Waals surface area contributed by atoms with Crippen molar-refractivity contribution in [1.82, 2.24) is 15.5 Å². The van der Waals surface area contributed by atoms with Crippen LogP contribution in [0.5, 0.6) is 0 Å². The fourth-order valence-corrected chi connectivity index (χ4v) is 2.36. The number of halogens is 2. The molecule has 110 valence electrons. The Morgan fingerprint density at radius 1 is 1.52 bits per heavy atom. The number of benzene rings is 1. The van der Waals surface area contributed by atoms with Crippen LogP contribution in [0.2, 0.25) is 5.02 Å². The van der Waals surface area contributed by atoms with Gasteiger partial charge < -0.3 is 15.2 Å². The maximum absolute atomic E-state index is 13.6. The molecule has 8 heteroatoms. The van der Waals surface area contributed by atoms with Crippen LogP contribution in [0.15, 0.2) is 22.7 Å². The largest absolute Gasteiger partial charge is 0.337 e. The van der Waals surface area contributed by atoms with E-state index in [0.29, 0.717) is 5.89 Å². The molecule has 3 rings (SSSR count). The number of anilines is 1. The van der Waals surface area contributed by atoms with Crippen LogP contribution in [-0.2, 0) is 0 Å². The molecule has 6 nitrogen and oxygen atoms in total. The van der Waals surface area contributed by atoms with Crippen LogP contribution < -0.4 is 10.6 Å². The molecule has 1 aliphatic heterocycles. The van der Waals surface area contributed by atoms with Crippen LogP contribution in [0, 0.1) is 5.82 Å². The molecule has 2 N–H and O–H groups in total. The highest BCUT2D eigenvalue weighted by atomic mass is 35.5. The second-order valence-corrected chi connectivity index (χ2v) is 5.06. The lowest BCUT2D eigenvalue weighted by molar-refractivity contribution is 0.101. The molecule has 1 fully saturated rings. The molecule has 1 amide bonds. The number of rotatable bonds is 3. The first-order valence-electron chi connectivity index (χ1n) is 6.47. The standard InChI is InChI=1S/C13H12ClFN4O2/c14-7-3-1-4-8(15)10(7)17-12(20)11-18-13(21-19-11)9-5-2-6-16-9/h1,3-4,9,16H,2,5-6H2,(H,17,20). The van der Waals surface area contributed by atoms with Gasteiger partial charge in [-0.1, -0.05) is 22.8 Å².